The predicted octanol–water partition coefficient (Wildman–Crippen LogP) is 3.59. The minimum atomic E-state index is -3.44. The van der Waals surface area contributed by atoms with Gasteiger partial charge >= 0.3 is 0 Å². The molecule has 0 unspecified atom stereocenters. The molecule has 2 aliphatic rings. The largest absolute Gasteiger partial charge is 0.295 e. The Morgan fingerprint density at radius 1 is 0.968 bits per heavy atom. The monoisotopic (exact) mass is 454 g/mol. The van der Waals surface area contributed by atoms with E-state index in [1.165, 1.54) is 17.5 Å². The summed E-state index contributed by atoms with van der Waals surface area (Å²) < 4.78 is 28.0. The van der Waals surface area contributed by atoms with Gasteiger partial charge in [0.25, 0.3) is 0 Å². The van der Waals surface area contributed by atoms with Crippen LogP contribution in [0.15, 0.2) is 52.9 Å². The third-order valence-electron chi connectivity index (χ3n) is 6.11. The lowest BCUT2D eigenvalue weighted by Crippen LogP contribution is -2.48. The lowest BCUT2D eigenvalue weighted by molar-refractivity contribution is 0.180. The van der Waals surface area contributed by atoms with Gasteiger partial charge in [0, 0.05) is 44.3 Å². The number of thiazole rings is 1. The molecule has 0 spiro atoms. The number of hydrogen-bond acceptors (Lipinski definition) is 6. The van der Waals surface area contributed by atoms with Gasteiger partial charge in [0.1, 0.15) is 5.01 Å². The molecule has 3 heterocycles. The van der Waals surface area contributed by atoms with Crippen molar-refractivity contribution in [3.05, 3.63) is 64.8 Å². The fourth-order valence-corrected chi connectivity index (χ4v) is 6.62. The fourth-order valence-electron chi connectivity index (χ4n) is 4.36. The summed E-state index contributed by atoms with van der Waals surface area (Å²) in [7, 11) is -3.44. The van der Waals surface area contributed by atoms with Crippen molar-refractivity contribution in [3.63, 3.8) is 0 Å². The molecule has 3 aromatic rings. The molecule has 0 bridgehead atoms. The van der Waals surface area contributed by atoms with E-state index in [9.17, 15) is 8.42 Å². The molecule has 162 valence electrons. The number of piperazine rings is 1. The van der Waals surface area contributed by atoms with Crippen molar-refractivity contribution >= 4 is 21.4 Å². The Balaban J connectivity index is 1.22. The predicted molar refractivity (Wildman–Crippen MR) is 122 cm³/mol. The number of benzene rings is 1. The summed E-state index contributed by atoms with van der Waals surface area (Å²) in [5, 5.41) is 2.99. The molecule has 1 fully saturated rings. The van der Waals surface area contributed by atoms with E-state index in [1.54, 1.807) is 27.9 Å². The van der Waals surface area contributed by atoms with E-state index in [-0.39, 0.29) is 0 Å². The number of aryl methyl sites for hydroxylation is 2. The summed E-state index contributed by atoms with van der Waals surface area (Å²) in [6.45, 7) is 3.17. The maximum atomic E-state index is 13.2. The lowest BCUT2D eigenvalue weighted by atomic mass is 9.92. The van der Waals surface area contributed by atoms with Crippen LogP contribution >= 0.6 is 11.3 Å². The number of pyridine rings is 1. The SMILES string of the molecule is O=S(=O)(c1ccc2c(c1)CCCC2)N1CCN(Cc2csc(-c3ccccn3)n2)CC1. The molecule has 1 aromatic carbocycles. The zero-order valence-electron chi connectivity index (χ0n) is 17.4. The van der Waals surface area contributed by atoms with Gasteiger partial charge in [-0.2, -0.15) is 4.31 Å². The number of aromatic nitrogens is 2. The maximum absolute atomic E-state index is 13.2. The first kappa shape index (κ1) is 20.8. The zero-order valence-corrected chi connectivity index (χ0v) is 19.0. The summed E-state index contributed by atoms with van der Waals surface area (Å²) in [6.07, 6.45) is 6.17. The standard InChI is InChI=1S/C23H26N4O2S2/c28-31(29,21-9-8-18-5-1-2-6-19(18)15-21)27-13-11-26(12-14-27)16-20-17-30-23(25-20)22-7-3-4-10-24-22/h3-4,7-10,15,17H,1-2,5-6,11-14,16H2. The van der Waals surface area contributed by atoms with Crippen LogP contribution in [0.1, 0.15) is 29.7 Å². The molecule has 0 amide bonds. The summed E-state index contributed by atoms with van der Waals surface area (Å²) in [6, 6.07) is 11.5. The Morgan fingerprint density at radius 3 is 2.55 bits per heavy atom. The number of sulfonamides is 1. The van der Waals surface area contributed by atoms with E-state index < -0.39 is 10.0 Å². The molecule has 2 aromatic heterocycles. The minimum Gasteiger partial charge on any atom is -0.295 e. The number of nitrogens with zero attached hydrogens (tertiary/aromatic N) is 4. The summed E-state index contributed by atoms with van der Waals surface area (Å²) >= 11 is 1.60. The van der Waals surface area contributed by atoms with Crippen LogP contribution < -0.4 is 0 Å². The molecule has 6 nitrogen and oxygen atoms in total. The topological polar surface area (TPSA) is 66.4 Å². The van der Waals surface area contributed by atoms with Gasteiger partial charge in [-0.1, -0.05) is 12.1 Å². The lowest BCUT2D eigenvalue weighted by Gasteiger charge is -2.33. The van der Waals surface area contributed by atoms with E-state index in [0.717, 1.165) is 42.2 Å². The third kappa shape index (κ3) is 4.43. The second kappa shape index (κ2) is 8.78. The second-order valence-electron chi connectivity index (χ2n) is 8.18. The highest BCUT2D eigenvalue weighted by molar-refractivity contribution is 7.89. The Kier molecular flexibility index (Phi) is 5.88. The first-order chi connectivity index (χ1) is 15.1. The van der Waals surface area contributed by atoms with Crippen molar-refractivity contribution < 1.29 is 8.42 Å². The molecule has 1 aliphatic carbocycles. The third-order valence-corrected chi connectivity index (χ3v) is 8.92. The average Bonchev–Trinajstić information content (AvgIpc) is 3.28. The van der Waals surface area contributed by atoms with Crippen LogP contribution in [0.4, 0.5) is 0 Å². The molecule has 5 rings (SSSR count). The van der Waals surface area contributed by atoms with Gasteiger partial charge in [0.15, 0.2) is 0 Å². The van der Waals surface area contributed by atoms with Gasteiger partial charge in [-0.05, 0) is 61.1 Å². The molecule has 0 radical (unpaired) electrons. The van der Waals surface area contributed by atoms with Crippen LogP contribution in [0.5, 0.6) is 0 Å². The minimum absolute atomic E-state index is 0.445. The highest BCUT2D eigenvalue weighted by atomic mass is 32.2. The summed E-state index contributed by atoms with van der Waals surface area (Å²) in [5.74, 6) is 0. The first-order valence-corrected chi connectivity index (χ1v) is 13.1. The summed E-state index contributed by atoms with van der Waals surface area (Å²) in [5.41, 5.74) is 4.41. The quantitative estimate of drug-likeness (QED) is 0.589. The molecule has 1 saturated heterocycles. The van der Waals surface area contributed by atoms with E-state index >= 15 is 0 Å². The van der Waals surface area contributed by atoms with Crippen molar-refractivity contribution in [2.75, 3.05) is 26.2 Å². The molecule has 8 heteroatoms. The molecular formula is C23H26N4O2S2. The molecule has 31 heavy (non-hydrogen) atoms. The number of hydrogen-bond donors (Lipinski definition) is 0. The van der Waals surface area contributed by atoms with Crippen molar-refractivity contribution in [1.82, 2.24) is 19.2 Å². The number of fused-ring (bicyclic) bond motifs is 1. The van der Waals surface area contributed by atoms with Crippen LogP contribution in [-0.4, -0.2) is 53.8 Å². The van der Waals surface area contributed by atoms with Gasteiger partial charge in [-0.25, -0.2) is 13.4 Å². The smallest absolute Gasteiger partial charge is 0.243 e. The normalized spacial score (nSPS) is 18.1. The van der Waals surface area contributed by atoms with E-state index in [4.69, 9.17) is 4.98 Å². The molecule has 0 atom stereocenters. The summed E-state index contributed by atoms with van der Waals surface area (Å²) in [4.78, 5) is 11.8. The zero-order chi connectivity index (χ0) is 21.3. The Hall–Kier alpha value is -2.13. The fraction of sp³-hybridized carbons (Fsp3) is 0.391. The Bertz CT molecular complexity index is 1150. The van der Waals surface area contributed by atoms with E-state index in [2.05, 4.69) is 15.3 Å². The van der Waals surface area contributed by atoms with Crippen LogP contribution in [-0.2, 0) is 29.4 Å². The number of rotatable bonds is 5. The molecule has 0 saturated carbocycles. The van der Waals surface area contributed by atoms with Crippen molar-refractivity contribution in [1.29, 1.82) is 0 Å². The molecular weight excluding hydrogens is 428 g/mol. The van der Waals surface area contributed by atoms with Gasteiger partial charge in [-0.3, -0.25) is 9.88 Å². The van der Waals surface area contributed by atoms with Crippen LogP contribution in [0.3, 0.4) is 0 Å². The van der Waals surface area contributed by atoms with Crippen LogP contribution in [0.25, 0.3) is 10.7 Å². The van der Waals surface area contributed by atoms with E-state index in [0.29, 0.717) is 31.1 Å². The molecule has 1 aliphatic heterocycles. The van der Waals surface area contributed by atoms with Gasteiger partial charge in [-0.15, -0.1) is 11.3 Å². The Labute approximate surface area is 187 Å². The van der Waals surface area contributed by atoms with E-state index in [1.807, 2.05) is 30.3 Å². The van der Waals surface area contributed by atoms with Crippen molar-refractivity contribution in [2.45, 2.75) is 37.1 Å². The first-order valence-electron chi connectivity index (χ1n) is 10.8. The van der Waals surface area contributed by atoms with Gasteiger partial charge in [0.05, 0.1) is 16.3 Å². The Morgan fingerprint density at radius 2 is 1.77 bits per heavy atom. The highest BCUT2D eigenvalue weighted by Gasteiger charge is 2.29. The second-order valence-corrected chi connectivity index (χ2v) is 11.0. The van der Waals surface area contributed by atoms with Crippen molar-refractivity contribution in [3.8, 4) is 10.7 Å². The highest BCUT2D eigenvalue weighted by Crippen LogP contribution is 2.27. The van der Waals surface area contributed by atoms with Crippen LogP contribution in [0.2, 0.25) is 0 Å². The van der Waals surface area contributed by atoms with Crippen LogP contribution in [0, 0.1) is 0 Å². The van der Waals surface area contributed by atoms with Crippen molar-refractivity contribution in [2.24, 2.45) is 0 Å². The molecule has 0 N–H and O–H groups in total. The average molecular weight is 455 g/mol. The maximum Gasteiger partial charge on any atom is 0.243 e. The van der Waals surface area contributed by atoms with Gasteiger partial charge in [0.2, 0.25) is 10.0 Å². The van der Waals surface area contributed by atoms with Gasteiger partial charge < -0.3 is 0 Å².